The zero-order valence-corrected chi connectivity index (χ0v) is 20.1. The van der Waals surface area contributed by atoms with E-state index in [0.29, 0.717) is 11.4 Å². The van der Waals surface area contributed by atoms with Crippen LogP contribution in [0.15, 0.2) is 53.4 Å². The van der Waals surface area contributed by atoms with E-state index >= 15 is 0 Å². The highest BCUT2D eigenvalue weighted by molar-refractivity contribution is 7.89. The lowest BCUT2D eigenvalue weighted by molar-refractivity contribution is -0.116. The molecule has 9 nitrogen and oxygen atoms in total. The first-order valence-electron chi connectivity index (χ1n) is 10.4. The Bertz CT molecular complexity index is 1050. The first kappa shape index (κ1) is 26.3. The predicted octanol–water partition coefficient (Wildman–Crippen LogP) is 3.49. The largest absolute Gasteiger partial charge is 0.447 e. The van der Waals surface area contributed by atoms with Crippen LogP contribution in [0.3, 0.4) is 0 Å². The minimum atomic E-state index is -3.72. The van der Waals surface area contributed by atoms with Crippen LogP contribution in [0.25, 0.3) is 0 Å². The zero-order valence-electron chi connectivity index (χ0n) is 19.3. The first-order valence-corrected chi connectivity index (χ1v) is 11.9. The second kappa shape index (κ2) is 11.8. The number of methoxy groups -OCH3 is 1. The topological polar surface area (TPSA) is 123 Å². The number of hydrogen-bond acceptors (Lipinski definition) is 6. The highest BCUT2D eigenvalue weighted by Gasteiger charge is 2.17. The molecule has 2 aromatic rings. The molecule has 33 heavy (non-hydrogen) atoms. The van der Waals surface area contributed by atoms with E-state index < -0.39 is 16.1 Å². The fraction of sp³-hybridized carbons (Fsp3) is 0.391. The summed E-state index contributed by atoms with van der Waals surface area (Å²) in [7, 11) is -2.22. The van der Waals surface area contributed by atoms with Crippen molar-refractivity contribution in [2.75, 3.05) is 37.5 Å². The van der Waals surface area contributed by atoms with Crippen molar-refractivity contribution in [2.45, 2.75) is 37.5 Å². The third kappa shape index (κ3) is 8.83. The second-order valence-corrected chi connectivity index (χ2v) is 10.1. The molecule has 3 N–H and O–H groups in total. The summed E-state index contributed by atoms with van der Waals surface area (Å²) in [5.41, 5.74) is 1.84. The molecule has 2 aromatic carbocycles. The van der Waals surface area contributed by atoms with Gasteiger partial charge in [-0.05, 0) is 41.3 Å². The van der Waals surface area contributed by atoms with E-state index in [0.717, 1.165) is 5.56 Å². The maximum Gasteiger partial charge on any atom is 0.411 e. The molecule has 0 aliphatic rings. The first-order chi connectivity index (χ1) is 15.5. The van der Waals surface area contributed by atoms with Crippen LogP contribution in [0.1, 0.15) is 32.8 Å². The molecule has 0 aliphatic carbocycles. The van der Waals surface area contributed by atoms with Crippen LogP contribution in [0.4, 0.5) is 16.2 Å². The van der Waals surface area contributed by atoms with Crippen LogP contribution in [0.2, 0.25) is 0 Å². The normalized spacial score (nSPS) is 11.6. The smallest absolute Gasteiger partial charge is 0.411 e. The van der Waals surface area contributed by atoms with Gasteiger partial charge in [-0.2, -0.15) is 0 Å². The molecule has 0 unspecified atom stereocenters. The van der Waals surface area contributed by atoms with Crippen molar-refractivity contribution in [3.63, 3.8) is 0 Å². The summed E-state index contributed by atoms with van der Waals surface area (Å²) in [6.07, 6.45) is -0.698. The number of nitrogens with one attached hydrogen (secondary N) is 3. The van der Waals surface area contributed by atoms with Crippen molar-refractivity contribution in [3.05, 3.63) is 54.1 Å². The third-order valence-corrected chi connectivity index (χ3v) is 6.07. The van der Waals surface area contributed by atoms with Gasteiger partial charge in [-0.3, -0.25) is 10.1 Å². The van der Waals surface area contributed by atoms with Gasteiger partial charge in [0.15, 0.2) is 0 Å². The van der Waals surface area contributed by atoms with Gasteiger partial charge in [0.1, 0.15) is 6.61 Å². The lowest BCUT2D eigenvalue weighted by Crippen LogP contribution is -2.28. The van der Waals surface area contributed by atoms with E-state index in [1.165, 1.54) is 7.11 Å². The average molecular weight is 478 g/mol. The van der Waals surface area contributed by atoms with Crippen LogP contribution < -0.4 is 15.4 Å². The Balaban J connectivity index is 1.84. The number of rotatable bonds is 10. The molecule has 10 heteroatoms. The van der Waals surface area contributed by atoms with Crippen molar-refractivity contribution in [1.29, 1.82) is 0 Å². The molecule has 0 radical (unpaired) electrons. The minimum absolute atomic E-state index is 0.0566. The Morgan fingerprint density at radius 3 is 2.18 bits per heavy atom. The van der Waals surface area contributed by atoms with Gasteiger partial charge in [0.05, 0.1) is 11.5 Å². The Kier molecular flexibility index (Phi) is 9.39. The Morgan fingerprint density at radius 1 is 0.939 bits per heavy atom. The van der Waals surface area contributed by atoms with E-state index in [4.69, 9.17) is 9.47 Å². The standard InChI is InChI=1S/C23H31N3O6S/c1-23(2,3)17-8-10-20(11-9-17)33(29,30)24-13-12-21(27)25-18-6-5-7-19(16-18)26-22(28)32-15-14-31-4/h5-11,16,24H,12-15H2,1-4H3,(H,25,27)(H,26,28). The number of amides is 2. The molecule has 0 saturated carbocycles. The van der Waals surface area contributed by atoms with Gasteiger partial charge in [-0.15, -0.1) is 0 Å². The van der Waals surface area contributed by atoms with Crippen molar-refractivity contribution >= 4 is 33.4 Å². The van der Waals surface area contributed by atoms with Crippen LogP contribution in [-0.2, 0) is 29.7 Å². The fourth-order valence-electron chi connectivity index (χ4n) is 2.79. The number of sulfonamides is 1. The summed E-state index contributed by atoms with van der Waals surface area (Å²) in [4.78, 5) is 24.1. The molecular weight excluding hydrogens is 446 g/mol. The van der Waals surface area contributed by atoms with Gasteiger partial charge in [0, 0.05) is 31.5 Å². The zero-order chi connectivity index (χ0) is 24.5. The lowest BCUT2D eigenvalue weighted by atomic mass is 9.87. The van der Waals surface area contributed by atoms with Gasteiger partial charge in [-0.25, -0.2) is 17.9 Å². The number of ether oxygens (including phenoxy) is 2. The van der Waals surface area contributed by atoms with Gasteiger partial charge < -0.3 is 14.8 Å². The summed E-state index contributed by atoms with van der Waals surface area (Å²) in [5, 5.41) is 5.22. The minimum Gasteiger partial charge on any atom is -0.447 e. The summed E-state index contributed by atoms with van der Waals surface area (Å²) >= 11 is 0. The maximum absolute atomic E-state index is 12.5. The molecule has 2 amide bonds. The molecular formula is C23H31N3O6S. The molecule has 0 heterocycles. The number of anilines is 2. The maximum atomic E-state index is 12.5. The van der Waals surface area contributed by atoms with E-state index in [1.54, 1.807) is 48.5 Å². The molecule has 0 fully saturated rings. The molecule has 0 spiro atoms. The highest BCUT2D eigenvalue weighted by atomic mass is 32.2. The van der Waals surface area contributed by atoms with Crippen LogP contribution in [0, 0.1) is 0 Å². The Morgan fingerprint density at radius 2 is 1.58 bits per heavy atom. The second-order valence-electron chi connectivity index (χ2n) is 8.30. The molecule has 2 rings (SSSR count). The number of hydrogen-bond donors (Lipinski definition) is 3. The average Bonchev–Trinajstić information content (AvgIpc) is 2.73. The number of carbonyl (C=O) groups is 2. The van der Waals surface area contributed by atoms with E-state index in [9.17, 15) is 18.0 Å². The highest BCUT2D eigenvalue weighted by Crippen LogP contribution is 2.23. The number of carbonyl (C=O) groups excluding carboxylic acids is 2. The van der Waals surface area contributed by atoms with E-state index in [1.807, 2.05) is 20.8 Å². The molecule has 0 saturated heterocycles. The fourth-order valence-corrected chi connectivity index (χ4v) is 3.82. The van der Waals surface area contributed by atoms with Crippen molar-refractivity contribution in [3.8, 4) is 0 Å². The summed E-state index contributed by atoms with van der Waals surface area (Å²) < 4.78 is 37.1. The Hall–Kier alpha value is -2.95. The predicted molar refractivity (Wildman–Crippen MR) is 127 cm³/mol. The molecule has 0 atom stereocenters. The monoisotopic (exact) mass is 477 g/mol. The van der Waals surface area contributed by atoms with Crippen molar-refractivity contribution in [1.82, 2.24) is 4.72 Å². The third-order valence-electron chi connectivity index (χ3n) is 4.59. The van der Waals surface area contributed by atoms with E-state index in [2.05, 4.69) is 15.4 Å². The van der Waals surface area contributed by atoms with Gasteiger partial charge in [0.2, 0.25) is 15.9 Å². The van der Waals surface area contributed by atoms with Gasteiger partial charge in [-0.1, -0.05) is 39.0 Å². The number of benzene rings is 2. The van der Waals surface area contributed by atoms with Crippen LogP contribution in [0.5, 0.6) is 0 Å². The lowest BCUT2D eigenvalue weighted by Gasteiger charge is -2.19. The molecule has 0 aromatic heterocycles. The SMILES string of the molecule is COCCOC(=O)Nc1cccc(NC(=O)CCNS(=O)(=O)c2ccc(C(C)(C)C)cc2)c1. The molecule has 180 valence electrons. The van der Waals surface area contributed by atoms with Crippen molar-refractivity contribution in [2.24, 2.45) is 0 Å². The van der Waals surface area contributed by atoms with Crippen molar-refractivity contribution < 1.29 is 27.5 Å². The van der Waals surface area contributed by atoms with Gasteiger partial charge >= 0.3 is 6.09 Å². The summed E-state index contributed by atoms with van der Waals surface area (Å²) in [6, 6.07) is 13.2. The van der Waals surface area contributed by atoms with Crippen LogP contribution >= 0.6 is 0 Å². The summed E-state index contributed by atoms with van der Waals surface area (Å²) in [6.45, 7) is 6.50. The van der Waals surface area contributed by atoms with Gasteiger partial charge in [0.25, 0.3) is 0 Å². The Labute approximate surface area is 194 Å². The molecule has 0 bridgehead atoms. The summed E-state index contributed by atoms with van der Waals surface area (Å²) in [5.74, 6) is -0.374. The van der Waals surface area contributed by atoms with E-state index in [-0.39, 0.29) is 42.4 Å². The van der Waals surface area contributed by atoms with Crippen LogP contribution in [-0.4, -0.2) is 47.3 Å². The molecule has 0 aliphatic heterocycles. The quantitative estimate of drug-likeness (QED) is 0.450.